The van der Waals surface area contributed by atoms with Crippen molar-refractivity contribution in [1.29, 1.82) is 0 Å². The molecule has 1 unspecified atom stereocenters. The van der Waals surface area contributed by atoms with E-state index in [-0.39, 0.29) is 12.5 Å². The summed E-state index contributed by atoms with van der Waals surface area (Å²) in [6, 6.07) is 0.654. The Hall–Kier alpha value is -0.610. The van der Waals surface area contributed by atoms with Gasteiger partial charge in [-0.25, -0.2) is 0 Å². The maximum atomic E-state index is 10.4. The van der Waals surface area contributed by atoms with Crippen LogP contribution in [0.1, 0.15) is 19.3 Å². The number of hydrogen-bond acceptors (Lipinski definition) is 3. The maximum Gasteiger partial charge on any atom is 0.304 e. The molecule has 76 valence electrons. The number of nitrogens with one attached hydrogen (secondary N) is 1. The van der Waals surface area contributed by atoms with E-state index in [1.165, 1.54) is 0 Å². The number of carbonyl (C=O) groups is 1. The third kappa shape index (κ3) is 3.74. The molecule has 4 nitrogen and oxygen atoms in total. The molecule has 0 amide bonds. The lowest BCUT2D eigenvalue weighted by molar-refractivity contribution is -0.137. The molecule has 0 aromatic rings. The molecule has 1 aliphatic heterocycles. The van der Waals surface area contributed by atoms with Crippen molar-refractivity contribution in [2.24, 2.45) is 0 Å². The second-order valence-corrected chi connectivity index (χ2v) is 4.00. The summed E-state index contributed by atoms with van der Waals surface area (Å²) in [5, 5.41) is 11.9. The zero-order chi connectivity index (χ0) is 9.84. The van der Waals surface area contributed by atoms with Crippen molar-refractivity contribution in [3.05, 3.63) is 0 Å². The normalized spacial score (nSPS) is 28.2. The lowest BCUT2D eigenvalue weighted by Gasteiger charge is -2.17. The van der Waals surface area contributed by atoms with Crippen LogP contribution < -0.4 is 5.32 Å². The fourth-order valence-corrected chi connectivity index (χ4v) is 1.86. The Bertz CT molecular complexity index is 182. The summed E-state index contributed by atoms with van der Waals surface area (Å²) >= 11 is 0. The van der Waals surface area contributed by atoms with E-state index >= 15 is 0 Å². The van der Waals surface area contributed by atoms with Gasteiger partial charge in [0.05, 0.1) is 6.42 Å². The van der Waals surface area contributed by atoms with Crippen LogP contribution in [0.5, 0.6) is 0 Å². The van der Waals surface area contributed by atoms with Crippen LogP contribution in [0, 0.1) is 0 Å². The van der Waals surface area contributed by atoms with Crippen molar-refractivity contribution in [2.75, 3.05) is 20.6 Å². The minimum Gasteiger partial charge on any atom is -0.481 e. The largest absolute Gasteiger partial charge is 0.481 e. The summed E-state index contributed by atoms with van der Waals surface area (Å²) in [6.07, 6.45) is 2.34. The first kappa shape index (κ1) is 10.5. The van der Waals surface area contributed by atoms with Gasteiger partial charge < -0.3 is 15.3 Å². The van der Waals surface area contributed by atoms with Gasteiger partial charge in [0.2, 0.25) is 0 Å². The van der Waals surface area contributed by atoms with Crippen molar-refractivity contribution < 1.29 is 9.90 Å². The van der Waals surface area contributed by atoms with Crippen molar-refractivity contribution in [2.45, 2.75) is 31.3 Å². The summed E-state index contributed by atoms with van der Waals surface area (Å²) < 4.78 is 0. The first-order chi connectivity index (χ1) is 6.08. The van der Waals surface area contributed by atoms with E-state index < -0.39 is 5.97 Å². The zero-order valence-electron chi connectivity index (χ0n) is 8.29. The number of hydrogen-bond donors (Lipinski definition) is 2. The lowest BCUT2D eigenvalue weighted by Crippen LogP contribution is -2.37. The van der Waals surface area contributed by atoms with Gasteiger partial charge in [-0.2, -0.15) is 0 Å². The Kier molecular flexibility index (Phi) is 3.69. The summed E-state index contributed by atoms with van der Waals surface area (Å²) in [4.78, 5) is 12.6. The Labute approximate surface area is 78.9 Å². The van der Waals surface area contributed by atoms with E-state index in [9.17, 15) is 4.79 Å². The summed E-state index contributed by atoms with van der Waals surface area (Å²) in [5.41, 5.74) is 0. The van der Waals surface area contributed by atoms with E-state index in [2.05, 4.69) is 10.2 Å². The highest BCUT2D eigenvalue weighted by Gasteiger charge is 2.25. The van der Waals surface area contributed by atoms with Gasteiger partial charge in [-0.15, -0.1) is 0 Å². The van der Waals surface area contributed by atoms with E-state index in [0.29, 0.717) is 6.04 Å². The first-order valence-electron chi connectivity index (χ1n) is 4.70. The third-order valence-electron chi connectivity index (χ3n) is 2.34. The van der Waals surface area contributed by atoms with Gasteiger partial charge in [0.1, 0.15) is 0 Å². The summed E-state index contributed by atoms with van der Waals surface area (Å²) in [6.45, 7) is 0.996. The van der Waals surface area contributed by atoms with Crippen LogP contribution in [0.25, 0.3) is 0 Å². The molecule has 0 aliphatic carbocycles. The quantitative estimate of drug-likeness (QED) is 0.656. The zero-order valence-corrected chi connectivity index (χ0v) is 8.29. The monoisotopic (exact) mass is 186 g/mol. The van der Waals surface area contributed by atoms with Crippen LogP contribution in [-0.4, -0.2) is 48.7 Å². The molecule has 1 rings (SSSR count). The van der Waals surface area contributed by atoms with Gasteiger partial charge in [0.15, 0.2) is 0 Å². The van der Waals surface area contributed by atoms with Gasteiger partial charge in [0, 0.05) is 18.6 Å². The van der Waals surface area contributed by atoms with Gasteiger partial charge in [-0.05, 0) is 26.9 Å². The standard InChI is InChI=1S/C9H18N2O2/c1-11(2)6-8-4-3-7(10-8)5-9(12)13/h7-8,10H,3-6H2,1-2H3,(H,12,13)/t7?,8-/m0/s1. The Morgan fingerprint density at radius 3 is 2.62 bits per heavy atom. The van der Waals surface area contributed by atoms with E-state index in [1.807, 2.05) is 14.1 Å². The fourth-order valence-electron chi connectivity index (χ4n) is 1.86. The first-order valence-corrected chi connectivity index (χ1v) is 4.70. The molecule has 1 heterocycles. The fraction of sp³-hybridized carbons (Fsp3) is 0.889. The van der Waals surface area contributed by atoms with Crippen LogP contribution in [0.15, 0.2) is 0 Å². The molecular formula is C9H18N2O2. The van der Waals surface area contributed by atoms with Gasteiger partial charge in [-0.1, -0.05) is 0 Å². The smallest absolute Gasteiger partial charge is 0.304 e. The highest BCUT2D eigenvalue weighted by atomic mass is 16.4. The number of carboxylic acid groups (broad SMARTS) is 1. The minimum atomic E-state index is -0.706. The van der Waals surface area contributed by atoms with Crippen LogP contribution in [0.2, 0.25) is 0 Å². The highest BCUT2D eigenvalue weighted by Crippen LogP contribution is 2.15. The van der Waals surface area contributed by atoms with Gasteiger partial charge in [-0.3, -0.25) is 4.79 Å². The molecule has 0 aromatic carbocycles. The average Bonchev–Trinajstić information content (AvgIpc) is 2.33. The second-order valence-electron chi connectivity index (χ2n) is 4.00. The molecule has 0 aromatic heterocycles. The van der Waals surface area contributed by atoms with Crippen molar-refractivity contribution >= 4 is 5.97 Å². The van der Waals surface area contributed by atoms with Crippen LogP contribution in [-0.2, 0) is 4.79 Å². The van der Waals surface area contributed by atoms with Gasteiger partial charge >= 0.3 is 5.97 Å². The molecule has 1 fully saturated rings. The van der Waals surface area contributed by atoms with Gasteiger partial charge in [0.25, 0.3) is 0 Å². The molecule has 4 heteroatoms. The lowest BCUT2D eigenvalue weighted by atomic mass is 10.1. The van der Waals surface area contributed by atoms with Crippen LogP contribution >= 0.6 is 0 Å². The Balaban J connectivity index is 2.24. The second kappa shape index (κ2) is 4.58. The van der Waals surface area contributed by atoms with E-state index in [4.69, 9.17) is 5.11 Å². The molecule has 2 N–H and O–H groups in total. The van der Waals surface area contributed by atoms with Crippen molar-refractivity contribution in [1.82, 2.24) is 10.2 Å². The predicted octanol–water partition coefficient (Wildman–Crippen LogP) is 0.143. The SMILES string of the molecule is CN(C)C[C@@H]1CCC(CC(=O)O)N1. The third-order valence-corrected chi connectivity index (χ3v) is 2.34. The Morgan fingerprint density at radius 1 is 1.46 bits per heavy atom. The minimum absolute atomic E-state index is 0.183. The summed E-state index contributed by atoms with van der Waals surface area (Å²) in [7, 11) is 4.07. The molecular weight excluding hydrogens is 168 g/mol. The predicted molar refractivity (Wildman–Crippen MR) is 50.8 cm³/mol. The molecule has 0 bridgehead atoms. The number of nitrogens with zero attached hydrogens (tertiary/aromatic N) is 1. The van der Waals surface area contributed by atoms with Crippen molar-refractivity contribution in [3.8, 4) is 0 Å². The topological polar surface area (TPSA) is 52.6 Å². The molecule has 2 atom stereocenters. The molecule has 13 heavy (non-hydrogen) atoms. The molecule has 1 aliphatic rings. The number of likely N-dealkylation sites (N-methyl/N-ethyl adjacent to an activating group) is 1. The molecule has 0 radical (unpaired) electrons. The number of carboxylic acids is 1. The van der Waals surface area contributed by atoms with E-state index in [0.717, 1.165) is 19.4 Å². The van der Waals surface area contributed by atoms with Crippen LogP contribution in [0.4, 0.5) is 0 Å². The van der Waals surface area contributed by atoms with E-state index in [1.54, 1.807) is 0 Å². The average molecular weight is 186 g/mol. The molecule has 0 spiro atoms. The number of rotatable bonds is 4. The maximum absolute atomic E-state index is 10.4. The van der Waals surface area contributed by atoms with Crippen molar-refractivity contribution in [3.63, 3.8) is 0 Å². The number of aliphatic carboxylic acids is 1. The van der Waals surface area contributed by atoms with Crippen LogP contribution in [0.3, 0.4) is 0 Å². The molecule has 1 saturated heterocycles. The molecule has 0 saturated carbocycles. The Morgan fingerprint density at radius 2 is 2.08 bits per heavy atom. The summed E-state index contributed by atoms with van der Waals surface area (Å²) in [5.74, 6) is -0.706. The highest BCUT2D eigenvalue weighted by molar-refractivity contribution is 5.67.